The minimum Gasteiger partial charge on any atom is -0.357 e. The van der Waals surface area contributed by atoms with Gasteiger partial charge in [0.25, 0.3) is 0 Å². The first-order valence-corrected chi connectivity index (χ1v) is 6.92. The smallest absolute Gasteiger partial charge is 0.152 e. The molecule has 1 aliphatic rings. The molecule has 1 heterocycles. The maximum atomic E-state index is 11.4. The van der Waals surface area contributed by atoms with E-state index in [0.29, 0.717) is 21.5 Å². The summed E-state index contributed by atoms with van der Waals surface area (Å²) in [5, 5.41) is 1.93. The number of fused-ring (bicyclic) bond motifs is 1. The van der Waals surface area contributed by atoms with Gasteiger partial charge in [-0.25, -0.2) is 0 Å². The summed E-state index contributed by atoms with van der Waals surface area (Å²) in [7, 11) is 0. The Balaban J connectivity index is 2.26. The van der Waals surface area contributed by atoms with E-state index in [1.807, 2.05) is 6.07 Å². The summed E-state index contributed by atoms with van der Waals surface area (Å²) in [6.07, 6.45) is 5.64. The van der Waals surface area contributed by atoms with Crippen molar-refractivity contribution >= 4 is 40.4 Å². The average molecular weight is 282 g/mol. The van der Waals surface area contributed by atoms with Crippen LogP contribution in [-0.2, 0) is 0 Å². The Kier molecular flexibility index (Phi) is 3.08. The van der Waals surface area contributed by atoms with Crippen molar-refractivity contribution in [1.82, 2.24) is 4.98 Å². The molecule has 0 amide bonds. The molecule has 0 radical (unpaired) electrons. The van der Waals surface area contributed by atoms with Crippen molar-refractivity contribution in [3.05, 3.63) is 33.4 Å². The topological polar surface area (TPSA) is 32.9 Å². The highest BCUT2D eigenvalue weighted by Gasteiger charge is 2.24. The maximum absolute atomic E-state index is 11.4. The number of halogens is 2. The molecular weight excluding hydrogens is 269 g/mol. The van der Waals surface area contributed by atoms with E-state index in [0.717, 1.165) is 35.7 Å². The molecule has 0 saturated heterocycles. The molecule has 0 aliphatic heterocycles. The molecule has 0 atom stereocenters. The van der Waals surface area contributed by atoms with Crippen LogP contribution < -0.4 is 0 Å². The molecule has 1 aliphatic carbocycles. The van der Waals surface area contributed by atoms with Gasteiger partial charge in [-0.15, -0.1) is 0 Å². The van der Waals surface area contributed by atoms with Crippen LogP contribution in [-0.4, -0.2) is 11.3 Å². The van der Waals surface area contributed by atoms with Gasteiger partial charge in [-0.05, 0) is 30.9 Å². The van der Waals surface area contributed by atoms with Crippen LogP contribution in [0.1, 0.15) is 47.7 Å². The SMILES string of the molecule is O=Cc1c(C2CCCC2)[nH]c2cc(Cl)cc(Cl)c12. The lowest BCUT2D eigenvalue weighted by atomic mass is 9.99. The predicted molar refractivity (Wildman–Crippen MR) is 74.9 cm³/mol. The molecule has 1 saturated carbocycles. The Labute approximate surface area is 115 Å². The number of nitrogens with one attached hydrogen (secondary N) is 1. The summed E-state index contributed by atoms with van der Waals surface area (Å²) >= 11 is 12.2. The number of aromatic amines is 1. The van der Waals surface area contributed by atoms with Crippen molar-refractivity contribution in [3.63, 3.8) is 0 Å². The van der Waals surface area contributed by atoms with Crippen LogP contribution in [0.15, 0.2) is 12.1 Å². The van der Waals surface area contributed by atoms with Crippen LogP contribution in [0.3, 0.4) is 0 Å². The Bertz CT molecular complexity index is 612. The third-order valence-corrected chi connectivity index (χ3v) is 4.28. The number of benzene rings is 1. The highest BCUT2D eigenvalue weighted by Crippen LogP contribution is 2.39. The quantitative estimate of drug-likeness (QED) is 0.777. The molecular formula is C14H13Cl2NO. The zero-order valence-electron chi connectivity index (χ0n) is 9.80. The van der Waals surface area contributed by atoms with Crippen molar-refractivity contribution in [2.45, 2.75) is 31.6 Å². The number of carbonyl (C=O) groups is 1. The Morgan fingerprint density at radius 3 is 2.61 bits per heavy atom. The second-order valence-electron chi connectivity index (χ2n) is 4.86. The Morgan fingerprint density at radius 2 is 1.94 bits per heavy atom. The molecule has 3 rings (SSSR count). The number of aromatic nitrogens is 1. The van der Waals surface area contributed by atoms with Gasteiger partial charge in [0.2, 0.25) is 0 Å². The molecule has 1 aromatic heterocycles. The molecule has 0 unspecified atom stereocenters. The second-order valence-corrected chi connectivity index (χ2v) is 5.71. The number of carbonyl (C=O) groups excluding carboxylic acids is 1. The van der Waals surface area contributed by atoms with E-state index < -0.39 is 0 Å². The Hall–Kier alpha value is -0.990. The lowest BCUT2D eigenvalue weighted by molar-refractivity contribution is 0.112. The van der Waals surface area contributed by atoms with E-state index in [9.17, 15) is 4.79 Å². The largest absolute Gasteiger partial charge is 0.357 e. The predicted octanol–water partition coefficient (Wildman–Crippen LogP) is 4.94. The van der Waals surface area contributed by atoms with E-state index in [2.05, 4.69) is 4.98 Å². The third-order valence-electron chi connectivity index (χ3n) is 3.77. The van der Waals surface area contributed by atoms with Crippen molar-refractivity contribution in [1.29, 1.82) is 0 Å². The van der Waals surface area contributed by atoms with Crippen LogP contribution in [0.4, 0.5) is 0 Å². The van der Waals surface area contributed by atoms with Gasteiger partial charge >= 0.3 is 0 Å². The van der Waals surface area contributed by atoms with Gasteiger partial charge in [0.1, 0.15) is 0 Å². The summed E-state index contributed by atoms with van der Waals surface area (Å²) < 4.78 is 0. The first-order valence-electron chi connectivity index (χ1n) is 6.16. The lowest BCUT2D eigenvalue weighted by Crippen LogP contribution is -1.96. The lowest BCUT2D eigenvalue weighted by Gasteiger charge is -2.07. The van der Waals surface area contributed by atoms with Gasteiger partial charge in [-0.3, -0.25) is 4.79 Å². The van der Waals surface area contributed by atoms with E-state index in [1.165, 1.54) is 12.8 Å². The summed E-state index contributed by atoms with van der Waals surface area (Å²) in [5.41, 5.74) is 2.59. The summed E-state index contributed by atoms with van der Waals surface area (Å²) in [6, 6.07) is 3.51. The van der Waals surface area contributed by atoms with E-state index in [1.54, 1.807) is 6.07 Å². The second kappa shape index (κ2) is 4.60. The molecule has 18 heavy (non-hydrogen) atoms. The molecule has 0 spiro atoms. The van der Waals surface area contributed by atoms with Gasteiger partial charge in [0, 0.05) is 27.2 Å². The average Bonchev–Trinajstić information content (AvgIpc) is 2.93. The van der Waals surface area contributed by atoms with E-state index >= 15 is 0 Å². The van der Waals surface area contributed by atoms with Gasteiger partial charge in [0.15, 0.2) is 6.29 Å². The molecule has 2 nitrogen and oxygen atoms in total. The van der Waals surface area contributed by atoms with Gasteiger partial charge in [0.05, 0.1) is 5.02 Å². The molecule has 94 valence electrons. The van der Waals surface area contributed by atoms with Gasteiger partial charge in [-0.1, -0.05) is 36.0 Å². The van der Waals surface area contributed by atoms with Crippen LogP contribution in [0, 0.1) is 0 Å². The van der Waals surface area contributed by atoms with E-state index in [-0.39, 0.29) is 0 Å². The molecule has 4 heteroatoms. The maximum Gasteiger partial charge on any atom is 0.152 e. The number of hydrogen-bond donors (Lipinski definition) is 1. The highest BCUT2D eigenvalue weighted by atomic mass is 35.5. The van der Waals surface area contributed by atoms with E-state index in [4.69, 9.17) is 23.2 Å². The fourth-order valence-corrected chi connectivity index (χ4v) is 3.55. The minimum atomic E-state index is 0.451. The number of aldehydes is 1. The number of hydrogen-bond acceptors (Lipinski definition) is 1. The van der Waals surface area contributed by atoms with Gasteiger partial charge in [-0.2, -0.15) is 0 Å². The monoisotopic (exact) mass is 281 g/mol. The van der Waals surface area contributed by atoms with Crippen molar-refractivity contribution in [2.24, 2.45) is 0 Å². The zero-order chi connectivity index (χ0) is 12.7. The van der Waals surface area contributed by atoms with Crippen LogP contribution in [0.2, 0.25) is 10.0 Å². The van der Waals surface area contributed by atoms with Crippen LogP contribution >= 0.6 is 23.2 Å². The number of H-pyrrole nitrogens is 1. The van der Waals surface area contributed by atoms with Crippen LogP contribution in [0.25, 0.3) is 10.9 Å². The normalized spacial score (nSPS) is 16.6. The van der Waals surface area contributed by atoms with Crippen molar-refractivity contribution in [3.8, 4) is 0 Å². The Morgan fingerprint density at radius 1 is 1.22 bits per heavy atom. The molecule has 1 N–H and O–H groups in total. The first kappa shape index (κ1) is 12.1. The molecule has 0 bridgehead atoms. The molecule has 1 aromatic carbocycles. The van der Waals surface area contributed by atoms with Gasteiger partial charge < -0.3 is 4.98 Å². The first-order chi connectivity index (χ1) is 8.70. The van der Waals surface area contributed by atoms with Crippen LogP contribution in [0.5, 0.6) is 0 Å². The standard InChI is InChI=1S/C14H13Cl2NO/c15-9-5-11(16)13-10(7-18)14(17-12(13)6-9)8-3-1-2-4-8/h5-8,17H,1-4H2. The minimum absolute atomic E-state index is 0.451. The zero-order valence-corrected chi connectivity index (χ0v) is 11.3. The molecule has 2 aromatic rings. The molecule has 1 fully saturated rings. The number of rotatable bonds is 2. The highest BCUT2D eigenvalue weighted by molar-refractivity contribution is 6.39. The summed E-state index contributed by atoms with van der Waals surface area (Å²) in [5.74, 6) is 0.451. The summed E-state index contributed by atoms with van der Waals surface area (Å²) in [4.78, 5) is 14.7. The van der Waals surface area contributed by atoms with Crippen molar-refractivity contribution < 1.29 is 4.79 Å². The summed E-state index contributed by atoms with van der Waals surface area (Å²) in [6.45, 7) is 0. The third kappa shape index (κ3) is 1.84. The fraction of sp³-hybridized carbons (Fsp3) is 0.357. The van der Waals surface area contributed by atoms with Crippen molar-refractivity contribution in [2.75, 3.05) is 0 Å². The fourth-order valence-electron chi connectivity index (χ4n) is 2.95.